The molecule has 0 heterocycles. The summed E-state index contributed by atoms with van der Waals surface area (Å²) in [5.41, 5.74) is 0.445. The molecule has 3 saturated carbocycles. The number of aromatic carboxylic acids is 1. The second-order valence-electron chi connectivity index (χ2n) is 11.8. The second kappa shape index (κ2) is 8.83. The van der Waals surface area contributed by atoms with Crippen molar-refractivity contribution < 1.29 is 19.4 Å². The standard InChI is InChI=1S/C28H40O4/c1-18(2)19-10-12-23-20(16-19)11-13-24-27(3,14-7-15-28(23,24)4)17-32-26(31)22-9-6-5-8-21(22)25(29)30/h5-6,8-9,18-20,23-24H,7,10-17H2,1-4H3,(H,29,30)/t19-,20+,23-,24-,27+,28+/m0/s1. The summed E-state index contributed by atoms with van der Waals surface area (Å²) in [6.45, 7) is 9.99. The summed E-state index contributed by atoms with van der Waals surface area (Å²) in [6.07, 6.45) is 10.2. The number of ether oxygens (including phenoxy) is 1. The lowest BCUT2D eigenvalue weighted by molar-refractivity contribution is -0.136. The highest BCUT2D eigenvalue weighted by Gasteiger charge is 2.57. The van der Waals surface area contributed by atoms with Gasteiger partial charge in [-0.3, -0.25) is 0 Å². The number of benzene rings is 1. The van der Waals surface area contributed by atoms with E-state index in [0.717, 1.165) is 30.1 Å². The normalized spacial score (nSPS) is 36.8. The fraction of sp³-hybridized carbons (Fsp3) is 0.714. The summed E-state index contributed by atoms with van der Waals surface area (Å²) in [5, 5.41) is 9.43. The van der Waals surface area contributed by atoms with Crippen LogP contribution in [0, 0.1) is 40.4 Å². The van der Waals surface area contributed by atoms with Gasteiger partial charge in [0.05, 0.1) is 17.7 Å². The maximum atomic E-state index is 12.8. The zero-order chi connectivity index (χ0) is 23.1. The molecule has 4 heteroatoms. The van der Waals surface area contributed by atoms with Crippen LogP contribution in [0.4, 0.5) is 0 Å². The first kappa shape index (κ1) is 23.3. The molecule has 4 rings (SSSR count). The third kappa shape index (κ3) is 4.10. The van der Waals surface area contributed by atoms with E-state index in [1.54, 1.807) is 18.2 Å². The number of carboxylic acid groups (broad SMARTS) is 1. The summed E-state index contributed by atoms with van der Waals surface area (Å²) in [7, 11) is 0. The fourth-order valence-corrected chi connectivity index (χ4v) is 7.94. The highest BCUT2D eigenvalue weighted by molar-refractivity contribution is 6.02. The predicted octanol–water partition coefficient (Wildman–Crippen LogP) is 6.84. The van der Waals surface area contributed by atoms with E-state index in [-0.39, 0.29) is 16.5 Å². The van der Waals surface area contributed by atoms with E-state index in [9.17, 15) is 14.7 Å². The molecular formula is C28H40O4. The fourth-order valence-electron chi connectivity index (χ4n) is 7.94. The number of hydrogen-bond acceptors (Lipinski definition) is 3. The molecule has 32 heavy (non-hydrogen) atoms. The van der Waals surface area contributed by atoms with Crippen LogP contribution in [-0.4, -0.2) is 23.7 Å². The third-order valence-corrected chi connectivity index (χ3v) is 9.65. The molecule has 1 aromatic rings. The summed E-state index contributed by atoms with van der Waals surface area (Å²) in [5.74, 6) is 2.26. The SMILES string of the molecule is CC(C)[C@H]1CC[C@H]2[C@H](CC[C@H]3[C@@](C)(COC(=O)c4ccccc4C(=O)O)CCC[C@]23C)C1. The molecule has 0 saturated heterocycles. The van der Waals surface area contributed by atoms with Crippen LogP contribution in [0.5, 0.6) is 0 Å². The van der Waals surface area contributed by atoms with E-state index >= 15 is 0 Å². The van der Waals surface area contributed by atoms with E-state index in [1.165, 1.54) is 51.0 Å². The number of hydrogen-bond donors (Lipinski definition) is 1. The zero-order valence-electron chi connectivity index (χ0n) is 20.2. The van der Waals surface area contributed by atoms with Crippen LogP contribution in [0.3, 0.4) is 0 Å². The number of carbonyl (C=O) groups excluding carboxylic acids is 1. The molecule has 3 aliphatic rings. The lowest BCUT2D eigenvalue weighted by atomic mass is 9.44. The summed E-state index contributed by atoms with van der Waals surface area (Å²) in [6, 6.07) is 6.35. The van der Waals surface area contributed by atoms with Gasteiger partial charge in [0.1, 0.15) is 0 Å². The van der Waals surface area contributed by atoms with Crippen LogP contribution in [0.25, 0.3) is 0 Å². The molecule has 1 aromatic carbocycles. The molecule has 0 bridgehead atoms. The quantitative estimate of drug-likeness (QED) is 0.509. The molecule has 176 valence electrons. The molecule has 1 N–H and O–H groups in total. The molecule has 3 aliphatic carbocycles. The largest absolute Gasteiger partial charge is 0.478 e. The molecule has 0 aliphatic heterocycles. The van der Waals surface area contributed by atoms with Gasteiger partial charge in [0.2, 0.25) is 0 Å². The summed E-state index contributed by atoms with van der Waals surface area (Å²) in [4.78, 5) is 24.4. The Bertz CT molecular complexity index is 861. The molecule has 0 radical (unpaired) electrons. The highest BCUT2D eigenvalue weighted by Crippen LogP contribution is 2.64. The molecule has 0 unspecified atom stereocenters. The molecule has 6 atom stereocenters. The Kier molecular flexibility index (Phi) is 6.44. The van der Waals surface area contributed by atoms with Crippen LogP contribution < -0.4 is 0 Å². The van der Waals surface area contributed by atoms with Crippen LogP contribution in [0.1, 0.15) is 99.8 Å². The highest BCUT2D eigenvalue weighted by atomic mass is 16.5. The maximum absolute atomic E-state index is 12.8. The van der Waals surface area contributed by atoms with Crippen LogP contribution in [-0.2, 0) is 4.74 Å². The van der Waals surface area contributed by atoms with Crippen molar-refractivity contribution in [2.24, 2.45) is 40.4 Å². The van der Waals surface area contributed by atoms with Gasteiger partial charge in [-0.1, -0.05) is 46.2 Å². The topological polar surface area (TPSA) is 63.6 Å². The number of carboxylic acids is 1. The van der Waals surface area contributed by atoms with Gasteiger partial charge in [0, 0.05) is 5.41 Å². The average Bonchev–Trinajstić information content (AvgIpc) is 2.77. The number of carbonyl (C=O) groups is 2. The van der Waals surface area contributed by atoms with E-state index in [1.807, 2.05) is 0 Å². The molecule has 0 aromatic heterocycles. The van der Waals surface area contributed by atoms with E-state index < -0.39 is 11.9 Å². The lowest BCUT2D eigenvalue weighted by Crippen LogP contribution is -2.55. The summed E-state index contributed by atoms with van der Waals surface area (Å²) < 4.78 is 5.84. The van der Waals surface area contributed by atoms with Crippen molar-refractivity contribution in [3.8, 4) is 0 Å². The van der Waals surface area contributed by atoms with Gasteiger partial charge in [0.15, 0.2) is 0 Å². The predicted molar refractivity (Wildman–Crippen MR) is 126 cm³/mol. The van der Waals surface area contributed by atoms with Crippen molar-refractivity contribution in [3.63, 3.8) is 0 Å². The first-order valence-electron chi connectivity index (χ1n) is 12.6. The Morgan fingerprint density at radius 2 is 1.78 bits per heavy atom. The molecular weight excluding hydrogens is 400 g/mol. The van der Waals surface area contributed by atoms with Gasteiger partial charge in [0.25, 0.3) is 0 Å². The average molecular weight is 441 g/mol. The number of esters is 1. The van der Waals surface area contributed by atoms with E-state index in [2.05, 4.69) is 27.7 Å². The Balaban J connectivity index is 1.49. The smallest absolute Gasteiger partial charge is 0.339 e. The Morgan fingerprint density at radius 3 is 2.47 bits per heavy atom. The number of rotatable bonds is 5. The second-order valence-corrected chi connectivity index (χ2v) is 11.8. The Labute approximate surface area is 193 Å². The molecule has 0 amide bonds. The minimum absolute atomic E-state index is 0.0126. The van der Waals surface area contributed by atoms with Crippen molar-refractivity contribution in [1.82, 2.24) is 0 Å². The zero-order valence-corrected chi connectivity index (χ0v) is 20.2. The van der Waals surface area contributed by atoms with Crippen molar-refractivity contribution in [2.45, 2.75) is 79.1 Å². The van der Waals surface area contributed by atoms with Crippen LogP contribution in [0.15, 0.2) is 24.3 Å². The van der Waals surface area contributed by atoms with E-state index in [0.29, 0.717) is 17.9 Å². The minimum Gasteiger partial charge on any atom is -0.478 e. The minimum atomic E-state index is -1.09. The van der Waals surface area contributed by atoms with Gasteiger partial charge in [-0.05, 0) is 92.1 Å². The van der Waals surface area contributed by atoms with Gasteiger partial charge in [-0.15, -0.1) is 0 Å². The van der Waals surface area contributed by atoms with Crippen LogP contribution >= 0.6 is 0 Å². The molecule has 4 nitrogen and oxygen atoms in total. The Hall–Kier alpha value is -1.84. The lowest BCUT2D eigenvalue weighted by Gasteiger charge is -2.61. The monoisotopic (exact) mass is 440 g/mol. The third-order valence-electron chi connectivity index (χ3n) is 9.65. The maximum Gasteiger partial charge on any atom is 0.339 e. The van der Waals surface area contributed by atoms with E-state index in [4.69, 9.17) is 4.74 Å². The van der Waals surface area contributed by atoms with Crippen molar-refractivity contribution in [1.29, 1.82) is 0 Å². The van der Waals surface area contributed by atoms with Gasteiger partial charge >= 0.3 is 11.9 Å². The Morgan fingerprint density at radius 1 is 1.06 bits per heavy atom. The molecule has 0 spiro atoms. The van der Waals surface area contributed by atoms with Gasteiger partial charge < -0.3 is 9.84 Å². The van der Waals surface area contributed by atoms with Crippen molar-refractivity contribution in [3.05, 3.63) is 35.4 Å². The van der Waals surface area contributed by atoms with Crippen LogP contribution in [0.2, 0.25) is 0 Å². The summed E-state index contributed by atoms with van der Waals surface area (Å²) >= 11 is 0. The van der Waals surface area contributed by atoms with Crippen molar-refractivity contribution >= 4 is 11.9 Å². The van der Waals surface area contributed by atoms with Gasteiger partial charge in [-0.25, -0.2) is 9.59 Å². The molecule has 3 fully saturated rings. The van der Waals surface area contributed by atoms with Crippen molar-refractivity contribution in [2.75, 3.05) is 6.61 Å². The first-order valence-corrected chi connectivity index (χ1v) is 12.6. The first-order chi connectivity index (χ1) is 15.2. The number of fused-ring (bicyclic) bond motifs is 3. The van der Waals surface area contributed by atoms with Gasteiger partial charge in [-0.2, -0.15) is 0 Å².